The van der Waals surface area contributed by atoms with Crippen LogP contribution >= 0.6 is 0 Å². The second-order valence-electron chi connectivity index (χ2n) is 7.06. The van der Waals surface area contributed by atoms with Crippen LogP contribution in [0.3, 0.4) is 0 Å². The molecule has 0 radical (unpaired) electrons. The first-order valence-corrected chi connectivity index (χ1v) is 8.97. The Labute approximate surface area is 162 Å². The van der Waals surface area contributed by atoms with Crippen molar-refractivity contribution in [2.24, 2.45) is 4.99 Å². The number of rotatable bonds is 3. The van der Waals surface area contributed by atoms with Crippen LogP contribution in [0.15, 0.2) is 44.9 Å². The molecule has 2 aromatic carbocycles. The zero-order valence-corrected chi connectivity index (χ0v) is 16.6. The second kappa shape index (κ2) is 7.31. The third-order valence-corrected chi connectivity index (χ3v) is 4.89. The Morgan fingerprint density at radius 2 is 1.64 bits per heavy atom. The lowest BCUT2D eigenvalue weighted by molar-refractivity contribution is 0.429. The number of benzene rings is 2. The molecule has 0 aliphatic heterocycles. The van der Waals surface area contributed by atoms with Gasteiger partial charge in [0.2, 0.25) is 5.88 Å². The Balaban J connectivity index is 2.22. The Morgan fingerprint density at radius 1 is 1.00 bits per heavy atom. The lowest BCUT2D eigenvalue weighted by atomic mass is 10.0. The van der Waals surface area contributed by atoms with Gasteiger partial charge in [0.15, 0.2) is 0 Å². The summed E-state index contributed by atoms with van der Waals surface area (Å²) >= 11 is 0. The van der Waals surface area contributed by atoms with Crippen LogP contribution in [0.2, 0.25) is 0 Å². The largest absolute Gasteiger partial charge is 0.493 e. The molecule has 0 spiro atoms. The van der Waals surface area contributed by atoms with Crippen LogP contribution in [0.25, 0.3) is 5.69 Å². The summed E-state index contributed by atoms with van der Waals surface area (Å²) in [5.74, 6) is -0.433. The Bertz CT molecular complexity index is 1190. The number of aliphatic imine (C=N–C) groups is 1. The molecule has 0 aliphatic rings. The van der Waals surface area contributed by atoms with E-state index in [2.05, 4.69) is 9.98 Å². The minimum absolute atomic E-state index is 0.0696. The summed E-state index contributed by atoms with van der Waals surface area (Å²) in [5, 5.41) is 10.8. The van der Waals surface area contributed by atoms with Crippen molar-refractivity contribution >= 4 is 11.9 Å². The van der Waals surface area contributed by atoms with Gasteiger partial charge in [0.25, 0.3) is 5.56 Å². The van der Waals surface area contributed by atoms with Crippen LogP contribution in [0.4, 0.5) is 5.69 Å². The molecule has 1 heterocycles. The highest BCUT2D eigenvalue weighted by molar-refractivity contribution is 5.84. The molecule has 28 heavy (non-hydrogen) atoms. The van der Waals surface area contributed by atoms with Crippen molar-refractivity contribution < 1.29 is 5.11 Å². The normalized spacial score (nSPS) is 11.3. The maximum Gasteiger partial charge on any atom is 0.335 e. The number of nitrogens with one attached hydrogen (secondary N) is 1. The van der Waals surface area contributed by atoms with Crippen LogP contribution in [-0.4, -0.2) is 20.9 Å². The van der Waals surface area contributed by atoms with E-state index in [1.807, 2.05) is 65.0 Å². The summed E-state index contributed by atoms with van der Waals surface area (Å²) in [6.45, 7) is 9.59. The molecule has 0 fully saturated rings. The van der Waals surface area contributed by atoms with E-state index in [9.17, 15) is 14.7 Å². The molecule has 6 heteroatoms. The molecular weight excluding hydrogens is 354 g/mol. The van der Waals surface area contributed by atoms with Gasteiger partial charge in [-0.15, -0.1) is 0 Å². The molecule has 2 N–H and O–H groups in total. The van der Waals surface area contributed by atoms with E-state index in [0.29, 0.717) is 11.4 Å². The molecular formula is C22H23N3O3. The lowest BCUT2D eigenvalue weighted by Crippen LogP contribution is -2.32. The van der Waals surface area contributed by atoms with E-state index in [-0.39, 0.29) is 5.56 Å². The molecule has 0 amide bonds. The Morgan fingerprint density at radius 3 is 2.29 bits per heavy atom. The van der Waals surface area contributed by atoms with Crippen LogP contribution in [-0.2, 0) is 0 Å². The molecule has 3 rings (SSSR count). The van der Waals surface area contributed by atoms with Gasteiger partial charge in [0.05, 0.1) is 11.4 Å². The smallest absolute Gasteiger partial charge is 0.335 e. The van der Waals surface area contributed by atoms with Crippen molar-refractivity contribution in [3.63, 3.8) is 0 Å². The molecule has 0 unspecified atom stereocenters. The first-order valence-electron chi connectivity index (χ1n) is 8.97. The summed E-state index contributed by atoms with van der Waals surface area (Å²) in [4.78, 5) is 31.4. The predicted octanol–water partition coefficient (Wildman–Crippen LogP) is 3.52. The number of aromatic hydroxyl groups is 1. The zero-order valence-electron chi connectivity index (χ0n) is 16.6. The maximum atomic E-state index is 12.5. The fraction of sp³-hybridized carbons (Fsp3) is 0.227. The number of H-pyrrole nitrogens is 1. The van der Waals surface area contributed by atoms with Gasteiger partial charge >= 0.3 is 5.69 Å². The number of nitrogens with zero attached hydrogens (tertiary/aromatic N) is 2. The SMILES string of the molecule is Cc1cc(C)c(-n2c(O)c(C=Nc3cccc(C)c3C)c(=O)[nH]c2=O)c(C)c1. The Kier molecular flexibility index (Phi) is 5.05. The highest BCUT2D eigenvalue weighted by Gasteiger charge is 2.17. The van der Waals surface area contributed by atoms with Crippen molar-refractivity contribution in [2.75, 3.05) is 0 Å². The highest BCUT2D eigenvalue weighted by Crippen LogP contribution is 2.25. The van der Waals surface area contributed by atoms with Gasteiger partial charge in [0, 0.05) is 6.21 Å². The van der Waals surface area contributed by atoms with Gasteiger partial charge < -0.3 is 5.11 Å². The van der Waals surface area contributed by atoms with Crippen molar-refractivity contribution in [1.29, 1.82) is 0 Å². The average Bonchev–Trinajstić information content (AvgIpc) is 2.60. The quantitative estimate of drug-likeness (QED) is 0.685. The molecule has 6 nitrogen and oxygen atoms in total. The van der Waals surface area contributed by atoms with E-state index in [0.717, 1.165) is 32.4 Å². The van der Waals surface area contributed by atoms with Crippen LogP contribution < -0.4 is 11.2 Å². The van der Waals surface area contributed by atoms with Crippen molar-refractivity contribution in [3.05, 3.63) is 84.6 Å². The summed E-state index contributed by atoms with van der Waals surface area (Å²) in [5.41, 5.74) is 4.53. The van der Waals surface area contributed by atoms with E-state index < -0.39 is 17.1 Å². The minimum atomic E-state index is -0.693. The number of hydrogen-bond donors (Lipinski definition) is 2. The standard InChI is InChI=1S/C22H23N3O3/c1-12-9-14(3)19(15(4)10-12)25-21(27)17(20(26)24-22(25)28)11-23-18-8-6-7-13(2)16(18)5/h6-11,27H,1-5H3,(H,24,26,28). The molecule has 0 aliphatic carbocycles. The average molecular weight is 377 g/mol. The van der Waals surface area contributed by atoms with Gasteiger partial charge in [0.1, 0.15) is 5.56 Å². The monoisotopic (exact) mass is 377 g/mol. The molecule has 1 aromatic heterocycles. The first kappa shape index (κ1) is 19.4. The van der Waals surface area contributed by atoms with Crippen molar-refractivity contribution in [3.8, 4) is 11.6 Å². The molecule has 0 bridgehead atoms. The third kappa shape index (κ3) is 3.41. The van der Waals surface area contributed by atoms with Crippen LogP contribution in [0.5, 0.6) is 5.88 Å². The summed E-state index contributed by atoms with van der Waals surface area (Å²) < 4.78 is 1.12. The summed E-state index contributed by atoms with van der Waals surface area (Å²) in [7, 11) is 0. The number of hydrogen-bond acceptors (Lipinski definition) is 4. The van der Waals surface area contributed by atoms with Gasteiger partial charge in [-0.2, -0.15) is 0 Å². The van der Waals surface area contributed by atoms with Gasteiger partial charge in [-0.1, -0.05) is 29.8 Å². The topological polar surface area (TPSA) is 87.4 Å². The predicted molar refractivity (Wildman–Crippen MR) is 112 cm³/mol. The lowest BCUT2D eigenvalue weighted by Gasteiger charge is -2.15. The summed E-state index contributed by atoms with van der Waals surface area (Å²) in [6.07, 6.45) is 1.30. The Hall–Kier alpha value is -3.41. The van der Waals surface area contributed by atoms with E-state index in [1.54, 1.807) is 0 Å². The zero-order chi connectivity index (χ0) is 20.6. The van der Waals surface area contributed by atoms with E-state index >= 15 is 0 Å². The van der Waals surface area contributed by atoms with E-state index in [4.69, 9.17) is 0 Å². The maximum absolute atomic E-state index is 12.5. The number of aromatic nitrogens is 2. The molecule has 144 valence electrons. The molecule has 0 atom stereocenters. The number of aromatic amines is 1. The summed E-state index contributed by atoms with van der Waals surface area (Å²) in [6, 6.07) is 9.52. The minimum Gasteiger partial charge on any atom is -0.493 e. The first-order chi connectivity index (χ1) is 13.2. The fourth-order valence-electron chi connectivity index (χ4n) is 3.40. The second-order valence-corrected chi connectivity index (χ2v) is 7.06. The van der Waals surface area contributed by atoms with E-state index in [1.165, 1.54) is 6.21 Å². The van der Waals surface area contributed by atoms with Crippen LogP contribution in [0, 0.1) is 34.6 Å². The van der Waals surface area contributed by atoms with Crippen LogP contribution in [0.1, 0.15) is 33.4 Å². The fourth-order valence-corrected chi connectivity index (χ4v) is 3.40. The molecule has 3 aromatic rings. The van der Waals surface area contributed by atoms with Crippen molar-refractivity contribution in [2.45, 2.75) is 34.6 Å². The van der Waals surface area contributed by atoms with Gasteiger partial charge in [-0.3, -0.25) is 14.8 Å². The third-order valence-electron chi connectivity index (χ3n) is 4.89. The highest BCUT2D eigenvalue weighted by atomic mass is 16.3. The van der Waals surface area contributed by atoms with Gasteiger partial charge in [-0.05, 0) is 62.9 Å². The van der Waals surface area contributed by atoms with Crippen molar-refractivity contribution in [1.82, 2.24) is 9.55 Å². The van der Waals surface area contributed by atoms with Gasteiger partial charge in [-0.25, -0.2) is 9.36 Å². The number of aryl methyl sites for hydroxylation is 4. The molecule has 0 saturated carbocycles. The molecule has 0 saturated heterocycles.